The van der Waals surface area contributed by atoms with Gasteiger partial charge >= 0.3 is 0 Å². The molecule has 0 bridgehead atoms. The summed E-state index contributed by atoms with van der Waals surface area (Å²) >= 11 is 35.3. The van der Waals surface area contributed by atoms with E-state index in [0.29, 0.717) is 49.0 Å². The van der Waals surface area contributed by atoms with Gasteiger partial charge in [0.15, 0.2) is 28.3 Å². The number of rotatable bonds is 10. The maximum Gasteiger partial charge on any atom is 0.248 e. The third-order valence-corrected chi connectivity index (χ3v) is 18.9. The largest absolute Gasteiger partial charge is 0.489 e. The van der Waals surface area contributed by atoms with Crippen LogP contribution in [0.1, 0.15) is 53.2 Å². The summed E-state index contributed by atoms with van der Waals surface area (Å²) in [5.41, 5.74) is 2.82. The van der Waals surface area contributed by atoms with Gasteiger partial charge < -0.3 is 28.3 Å². The zero-order chi connectivity index (χ0) is 36.3. The van der Waals surface area contributed by atoms with Crippen LogP contribution in [0, 0.1) is 0 Å². The fourth-order valence-electron chi connectivity index (χ4n) is 3.84. The lowest BCUT2D eigenvalue weighted by Gasteiger charge is -2.36. The van der Waals surface area contributed by atoms with Gasteiger partial charge in [-0.3, -0.25) is 0 Å². The Bertz CT molecular complexity index is 1530. The second-order valence-corrected chi connectivity index (χ2v) is 28.6. The van der Waals surface area contributed by atoms with Gasteiger partial charge in [-0.05, 0) is 60.5 Å². The number of benzene rings is 2. The number of aromatic amines is 2. The van der Waals surface area contributed by atoms with Crippen molar-refractivity contribution < 1.29 is 18.3 Å². The number of fused-ring (bicyclic) bond motifs is 2. The fraction of sp³-hybridized carbons (Fsp3) is 0.562. The molecular formula is C32H46Cl6N4O4Si2. The lowest BCUT2D eigenvalue weighted by atomic mass is 10.2. The third kappa shape index (κ3) is 11.0. The number of nitrogens with zero attached hydrogens (tertiary/aromatic N) is 2. The van der Waals surface area contributed by atoms with Crippen LogP contribution in [0.4, 0.5) is 0 Å². The monoisotopic (exact) mass is 816 g/mol. The molecule has 48 heavy (non-hydrogen) atoms. The number of ether oxygens (including phenoxy) is 2. The summed E-state index contributed by atoms with van der Waals surface area (Å²) < 4.78 is 20.7. The fourth-order valence-corrected chi connectivity index (χ4v) is 6.43. The van der Waals surface area contributed by atoms with Crippen LogP contribution in [-0.2, 0) is 16.4 Å². The standard InChI is InChI=1S/2C16H23Cl3N2O2Si/c2*1-15(2,3)24(4,5)23-10-9-22-12-8-6-7-11-13(12)21-14(20-11)16(17,18)19/h2*6-8H,9-10H2,1-5H3,(H,20,21). The molecule has 0 aliphatic heterocycles. The van der Waals surface area contributed by atoms with Crippen molar-refractivity contribution in [3.8, 4) is 11.5 Å². The van der Waals surface area contributed by atoms with Crippen LogP contribution in [0.3, 0.4) is 0 Å². The number of hydrogen-bond donors (Lipinski definition) is 2. The first-order valence-electron chi connectivity index (χ1n) is 15.5. The zero-order valence-electron chi connectivity index (χ0n) is 29.1. The first-order chi connectivity index (χ1) is 21.8. The minimum absolute atomic E-state index is 0.175. The van der Waals surface area contributed by atoms with Crippen molar-refractivity contribution >= 4 is 108 Å². The summed E-state index contributed by atoms with van der Waals surface area (Å²) in [6.07, 6.45) is 0. The van der Waals surface area contributed by atoms with Crippen LogP contribution in [-0.4, -0.2) is 63.0 Å². The molecule has 0 aliphatic rings. The lowest BCUT2D eigenvalue weighted by molar-refractivity contribution is 0.204. The van der Waals surface area contributed by atoms with Gasteiger partial charge in [0.25, 0.3) is 0 Å². The van der Waals surface area contributed by atoms with E-state index in [1.165, 1.54) is 0 Å². The maximum atomic E-state index is 6.11. The Morgan fingerprint density at radius 1 is 0.562 bits per heavy atom. The van der Waals surface area contributed by atoms with E-state index < -0.39 is 24.2 Å². The summed E-state index contributed by atoms with van der Waals surface area (Å²) in [6.45, 7) is 24.1. The Balaban J connectivity index is 0.000000260. The van der Waals surface area contributed by atoms with Gasteiger partial charge in [-0.25, -0.2) is 9.97 Å². The van der Waals surface area contributed by atoms with E-state index in [-0.39, 0.29) is 21.7 Å². The number of halogens is 6. The molecular weight excluding hydrogens is 773 g/mol. The van der Waals surface area contributed by atoms with Gasteiger partial charge in [-0.2, -0.15) is 0 Å². The van der Waals surface area contributed by atoms with Crippen LogP contribution >= 0.6 is 69.6 Å². The first kappa shape index (κ1) is 41.5. The quantitative estimate of drug-likeness (QED) is 0.0940. The molecule has 2 aromatic heterocycles. The number of imidazole rings is 2. The molecule has 2 N–H and O–H groups in total. The summed E-state index contributed by atoms with van der Waals surface area (Å²) in [4.78, 5) is 14.7. The van der Waals surface area contributed by atoms with Gasteiger partial charge in [0.1, 0.15) is 35.7 Å². The molecule has 0 amide bonds. The van der Waals surface area contributed by atoms with Crippen molar-refractivity contribution in [2.24, 2.45) is 0 Å². The molecule has 4 rings (SSSR count). The highest BCUT2D eigenvalue weighted by molar-refractivity contribution is 6.74. The average molecular weight is 820 g/mol. The predicted octanol–water partition coefficient (Wildman–Crippen LogP) is 11.6. The van der Waals surface area contributed by atoms with Gasteiger partial charge in [-0.15, -0.1) is 0 Å². The molecule has 0 spiro atoms. The SMILES string of the molecule is CC(C)(C)[Si](C)(C)OCCOc1cccc2[nH]c(C(Cl)(Cl)Cl)nc12.CC(C)(C)[Si](C)(C)OCCOc1cccc2[nH]c(C(Cl)(Cl)Cl)nc12. The zero-order valence-corrected chi connectivity index (χ0v) is 35.6. The van der Waals surface area contributed by atoms with Crippen molar-refractivity contribution in [3.05, 3.63) is 48.0 Å². The summed E-state index contributed by atoms with van der Waals surface area (Å²) in [7, 11) is -3.54. The second kappa shape index (κ2) is 15.8. The molecule has 2 heterocycles. The Labute approximate surface area is 316 Å². The van der Waals surface area contributed by atoms with Gasteiger partial charge in [0.05, 0.1) is 24.2 Å². The van der Waals surface area contributed by atoms with E-state index in [4.69, 9.17) is 87.9 Å². The van der Waals surface area contributed by atoms with Crippen molar-refractivity contribution in [2.45, 2.75) is 85.4 Å². The highest BCUT2D eigenvalue weighted by atomic mass is 35.6. The number of para-hydroxylation sites is 2. The molecule has 0 fully saturated rings. The Morgan fingerprint density at radius 2 is 0.896 bits per heavy atom. The number of nitrogens with one attached hydrogen (secondary N) is 2. The van der Waals surface area contributed by atoms with E-state index >= 15 is 0 Å². The average Bonchev–Trinajstić information content (AvgIpc) is 3.58. The summed E-state index contributed by atoms with van der Waals surface area (Å²) in [5, 5.41) is 0.350. The Kier molecular flexibility index (Phi) is 13.6. The van der Waals surface area contributed by atoms with Crippen molar-refractivity contribution in [1.82, 2.24) is 19.9 Å². The van der Waals surface area contributed by atoms with Gasteiger partial charge in [0.2, 0.25) is 7.59 Å². The molecule has 268 valence electrons. The highest BCUT2D eigenvalue weighted by Gasteiger charge is 2.38. The van der Waals surface area contributed by atoms with Crippen molar-refractivity contribution in [2.75, 3.05) is 26.4 Å². The molecule has 0 atom stereocenters. The molecule has 0 saturated heterocycles. The van der Waals surface area contributed by atoms with E-state index in [9.17, 15) is 0 Å². The highest BCUT2D eigenvalue weighted by Crippen LogP contribution is 2.40. The van der Waals surface area contributed by atoms with Crippen LogP contribution in [0.2, 0.25) is 36.3 Å². The third-order valence-electron chi connectivity index (χ3n) is 8.71. The second-order valence-electron chi connectivity index (χ2n) is 14.4. The molecule has 0 unspecified atom stereocenters. The van der Waals surface area contributed by atoms with Crippen molar-refractivity contribution in [1.29, 1.82) is 0 Å². The van der Waals surface area contributed by atoms with Crippen LogP contribution in [0.5, 0.6) is 11.5 Å². The minimum atomic E-state index is -1.77. The lowest BCUT2D eigenvalue weighted by Crippen LogP contribution is -2.41. The van der Waals surface area contributed by atoms with Crippen LogP contribution < -0.4 is 9.47 Å². The molecule has 2 aromatic carbocycles. The normalized spacial score (nSPS) is 13.5. The topological polar surface area (TPSA) is 94.3 Å². The number of alkyl halides is 6. The minimum Gasteiger partial charge on any atom is -0.489 e. The van der Waals surface area contributed by atoms with E-state index in [0.717, 1.165) is 11.0 Å². The molecule has 0 saturated carbocycles. The van der Waals surface area contributed by atoms with Gasteiger partial charge in [0, 0.05) is 0 Å². The van der Waals surface area contributed by atoms with Crippen LogP contribution in [0.15, 0.2) is 36.4 Å². The molecule has 8 nitrogen and oxygen atoms in total. The van der Waals surface area contributed by atoms with Crippen molar-refractivity contribution in [3.63, 3.8) is 0 Å². The van der Waals surface area contributed by atoms with E-state index in [1.807, 2.05) is 36.4 Å². The predicted molar refractivity (Wildman–Crippen MR) is 208 cm³/mol. The smallest absolute Gasteiger partial charge is 0.248 e. The van der Waals surface area contributed by atoms with E-state index in [1.54, 1.807) is 0 Å². The molecule has 0 radical (unpaired) electrons. The number of aromatic nitrogens is 4. The molecule has 4 aromatic rings. The van der Waals surface area contributed by atoms with E-state index in [2.05, 4.69) is 87.7 Å². The summed E-state index contributed by atoms with van der Waals surface area (Å²) in [5.74, 6) is 1.83. The van der Waals surface area contributed by atoms with Gasteiger partial charge in [-0.1, -0.05) is 123 Å². The molecule has 0 aliphatic carbocycles. The Morgan fingerprint density at radius 3 is 1.19 bits per heavy atom. The Hall–Kier alpha value is -0.926. The van der Waals surface area contributed by atoms with Crippen LogP contribution in [0.25, 0.3) is 22.1 Å². The maximum absolute atomic E-state index is 6.11. The summed E-state index contributed by atoms with van der Waals surface area (Å²) in [6, 6.07) is 11.1. The first-order valence-corrected chi connectivity index (χ1v) is 23.6. The number of H-pyrrole nitrogens is 2. The molecule has 16 heteroatoms. The number of hydrogen-bond acceptors (Lipinski definition) is 6.